The number of benzene rings is 2. The number of aliphatic carboxylic acids is 1. The number of amides is 1. The second kappa shape index (κ2) is 9.11. The Bertz CT molecular complexity index is 947. The van der Waals surface area contributed by atoms with Crippen LogP contribution in [0.15, 0.2) is 47.6 Å². The van der Waals surface area contributed by atoms with Gasteiger partial charge in [-0.1, -0.05) is 18.2 Å². The number of carboxylic acids is 1. The molecule has 1 aliphatic carbocycles. The molecule has 1 fully saturated rings. The van der Waals surface area contributed by atoms with Gasteiger partial charge in [0.1, 0.15) is 0 Å². The Morgan fingerprint density at radius 3 is 2.60 bits per heavy atom. The van der Waals surface area contributed by atoms with Gasteiger partial charge in [0.2, 0.25) is 0 Å². The smallest absolute Gasteiger partial charge is 0.303 e. The molecular formula is C24H27N3O3. The van der Waals surface area contributed by atoms with E-state index < -0.39 is 5.97 Å². The number of nitrogens with one attached hydrogen (secondary N) is 1. The third-order valence-electron chi connectivity index (χ3n) is 5.88. The van der Waals surface area contributed by atoms with Crippen LogP contribution in [-0.4, -0.2) is 41.3 Å². The fourth-order valence-corrected chi connectivity index (χ4v) is 4.22. The highest BCUT2D eigenvalue weighted by molar-refractivity contribution is 6.04. The number of carbonyl (C=O) groups is 2. The van der Waals surface area contributed by atoms with Gasteiger partial charge in [-0.2, -0.15) is 5.10 Å². The largest absolute Gasteiger partial charge is 0.481 e. The van der Waals surface area contributed by atoms with Crippen molar-refractivity contribution in [2.75, 3.05) is 18.4 Å². The zero-order valence-electron chi connectivity index (χ0n) is 17.0. The molecular weight excluding hydrogens is 378 g/mol. The second-order valence-electron chi connectivity index (χ2n) is 8.17. The zero-order chi connectivity index (χ0) is 20.9. The van der Waals surface area contributed by atoms with E-state index in [1.807, 2.05) is 48.7 Å². The summed E-state index contributed by atoms with van der Waals surface area (Å²) in [5.41, 5.74) is 4.74. The molecule has 2 N–H and O–H groups in total. The summed E-state index contributed by atoms with van der Waals surface area (Å²) in [6.45, 7) is 2.02. The molecule has 1 atom stereocenters. The third kappa shape index (κ3) is 5.06. The Kier molecular flexibility index (Phi) is 6.12. The van der Waals surface area contributed by atoms with E-state index in [1.165, 1.54) is 24.0 Å². The molecule has 1 unspecified atom stereocenters. The fourth-order valence-electron chi connectivity index (χ4n) is 4.22. The van der Waals surface area contributed by atoms with Crippen LogP contribution in [0, 0.1) is 5.92 Å². The van der Waals surface area contributed by atoms with Crippen molar-refractivity contribution in [2.45, 2.75) is 38.5 Å². The summed E-state index contributed by atoms with van der Waals surface area (Å²) in [5.74, 6) is -0.679. The lowest BCUT2D eigenvalue weighted by atomic mass is 9.82. The van der Waals surface area contributed by atoms with Crippen LogP contribution < -0.4 is 5.32 Å². The Labute approximate surface area is 176 Å². The topological polar surface area (TPSA) is 82.0 Å². The zero-order valence-corrected chi connectivity index (χ0v) is 17.0. The van der Waals surface area contributed by atoms with E-state index >= 15 is 0 Å². The number of hydrazone groups is 1. The molecule has 6 heteroatoms. The molecule has 1 heterocycles. The first-order chi connectivity index (χ1) is 14.6. The predicted octanol–water partition coefficient (Wildman–Crippen LogP) is 3.95. The van der Waals surface area contributed by atoms with Gasteiger partial charge in [-0.05, 0) is 79.0 Å². The van der Waals surface area contributed by atoms with Crippen molar-refractivity contribution in [3.05, 3.63) is 64.7 Å². The molecule has 0 spiro atoms. The number of anilines is 1. The highest BCUT2D eigenvalue weighted by Gasteiger charge is 2.21. The van der Waals surface area contributed by atoms with Gasteiger partial charge >= 0.3 is 5.97 Å². The molecule has 1 aliphatic heterocycles. The molecule has 0 bridgehead atoms. The normalized spacial score (nSPS) is 18.4. The maximum Gasteiger partial charge on any atom is 0.303 e. The van der Waals surface area contributed by atoms with Crippen molar-refractivity contribution in [1.82, 2.24) is 5.01 Å². The van der Waals surface area contributed by atoms with Crippen molar-refractivity contribution in [1.29, 1.82) is 0 Å². The first-order valence-corrected chi connectivity index (χ1v) is 10.6. The number of carbonyl (C=O) groups excluding carboxylic acids is 1. The van der Waals surface area contributed by atoms with Gasteiger partial charge in [0.25, 0.3) is 5.91 Å². The second-order valence-corrected chi connectivity index (χ2v) is 8.17. The highest BCUT2D eigenvalue weighted by atomic mass is 16.4. The number of nitrogens with zero attached hydrogens (tertiary/aromatic N) is 2. The van der Waals surface area contributed by atoms with Gasteiger partial charge in [0, 0.05) is 30.8 Å². The van der Waals surface area contributed by atoms with E-state index in [4.69, 9.17) is 5.11 Å². The average Bonchev–Trinajstić information content (AvgIpc) is 3.26. The lowest BCUT2D eigenvalue weighted by Crippen LogP contribution is -2.18. The number of hydrogen-bond acceptors (Lipinski definition) is 4. The molecule has 6 nitrogen and oxygen atoms in total. The molecule has 2 aliphatic rings. The minimum absolute atomic E-state index is 0.141. The van der Waals surface area contributed by atoms with Crippen LogP contribution in [0.1, 0.15) is 52.7 Å². The third-order valence-corrected chi connectivity index (χ3v) is 5.88. The summed E-state index contributed by atoms with van der Waals surface area (Å²) in [5, 5.41) is 18.5. The number of rotatable bonds is 6. The molecule has 1 saturated heterocycles. The molecule has 0 aromatic heterocycles. The SMILES string of the molecule is O=C(O)CC1CCc2cc(NC(=O)c3ccc(C=NN4CCCC4)cc3)ccc2C1. The van der Waals surface area contributed by atoms with Gasteiger partial charge in [-0.15, -0.1) is 0 Å². The Morgan fingerprint density at radius 1 is 1.10 bits per heavy atom. The first-order valence-electron chi connectivity index (χ1n) is 10.6. The lowest BCUT2D eigenvalue weighted by molar-refractivity contribution is -0.138. The summed E-state index contributed by atoms with van der Waals surface area (Å²) < 4.78 is 0. The van der Waals surface area contributed by atoms with E-state index in [1.54, 1.807) is 0 Å². The Balaban J connectivity index is 1.36. The van der Waals surface area contributed by atoms with Gasteiger partial charge < -0.3 is 10.4 Å². The number of aryl methyl sites for hydroxylation is 1. The van der Waals surface area contributed by atoms with Crippen LogP contribution in [0.4, 0.5) is 5.69 Å². The highest BCUT2D eigenvalue weighted by Crippen LogP contribution is 2.29. The first kappa shape index (κ1) is 20.1. The van der Waals surface area contributed by atoms with E-state index in [9.17, 15) is 9.59 Å². The van der Waals surface area contributed by atoms with Gasteiger partial charge in [0.15, 0.2) is 0 Å². The standard InChI is InChI=1S/C24H27N3O3/c28-23(29)14-18-5-8-21-15-22(10-9-20(21)13-18)26-24(30)19-6-3-17(4-7-19)16-25-27-11-1-2-12-27/h3-4,6-7,9-10,15-16,18H,1-2,5,8,11-14H2,(H,26,30)(H,28,29). The maximum absolute atomic E-state index is 12.6. The summed E-state index contributed by atoms with van der Waals surface area (Å²) in [4.78, 5) is 23.6. The van der Waals surface area contributed by atoms with Crippen molar-refractivity contribution < 1.29 is 14.7 Å². The van der Waals surface area contributed by atoms with E-state index in [0.717, 1.165) is 43.6 Å². The monoisotopic (exact) mass is 405 g/mol. The van der Waals surface area contributed by atoms with Crippen LogP contribution in [0.3, 0.4) is 0 Å². The molecule has 2 aromatic rings. The lowest BCUT2D eigenvalue weighted by Gasteiger charge is -2.24. The van der Waals surface area contributed by atoms with Crippen molar-refractivity contribution in [3.8, 4) is 0 Å². The van der Waals surface area contributed by atoms with Crippen LogP contribution in [0.25, 0.3) is 0 Å². The summed E-state index contributed by atoms with van der Waals surface area (Å²) in [6, 6.07) is 13.4. The van der Waals surface area contributed by atoms with Gasteiger partial charge in [-0.3, -0.25) is 14.6 Å². The predicted molar refractivity (Wildman–Crippen MR) is 117 cm³/mol. The average molecular weight is 405 g/mol. The fraction of sp³-hybridized carbons (Fsp3) is 0.375. The van der Waals surface area contributed by atoms with Gasteiger partial charge in [0.05, 0.1) is 6.21 Å². The van der Waals surface area contributed by atoms with Crippen molar-refractivity contribution >= 4 is 23.8 Å². The van der Waals surface area contributed by atoms with Crippen LogP contribution in [0.2, 0.25) is 0 Å². The van der Waals surface area contributed by atoms with Crippen LogP contribution in [-0.2, 0) is 17.6 Å². The molecule has 4 rings (SSSR count). The van der Waals surface area contributed by atoms with E-state index in [-0.39, 0.29) is 18.2 Å². The molecule has 1 amide bonds. The maximum atomic E-state index is 12.6. The van der Waals surface area contributed by atoms with Gasteiger partial charge in [-0.25, -0.2) is 0 Å². The molecule has 30 heavy (non-hydrogen) atoms. The molecule has 0 radical (unpaired) electrons. The molecule has 156 valence electrons. The van der Waals surface area contributed by atoms with Crippen LogP contribution in [0.5, 0.6) is 0 Å². The number of hydrogen-bond donors (Lipinski definition) is 2. The summed E-state index contributed by atoms with van der Waals surface area (Å²) >= 11 is 0. The van der Waals surface area contributed by atoms with E-state index in [0.29, 0.717) is 5.56 Å². The quantitative estimate of drug-likeness (QED) is 0.713. The minimum atomic E-state index is -0.735. The van der Waals surface area contributed by atoms with Crippen molar-refractivity contribution in [3.63, 3.8) is 0 Å². The molecule has 0 saturated carbocycles. The summed E-state index contributed by atoms with van der Waals surface area (Å²) in [6.07, 6.45) is 6.96. The minimum Gasteiger partial charge on any atom is -0.481 e. The Morgan fingerprint density at radius 2 is 1.87 bits per heavy atom. The number of carboxylic acid groups (broad SMARTS) is 1. The van der Waals surface area contributed by atoms with E-state index in [2.05, 4.69) is 15.4 Å². The molecule has 2 aromatic carbocycles. The summed E-state index contributed by atoms with van der Waals surface area (Å²) in [7, 11) is 0. The number of fused-ring (bicyclic) bond motifs is 1. The Hall–Kier alpha value is -3.15. The van der Waals surface area contributed by atoms with Crippen LogP contribution >= 0.6 is 0 Å². The van der Waals surface area contributed by atoms with Crippen molar-refractivity contribution in [2.24, 2.45) is 11.0 Å².